The number of hydrogen-bond acceptors (Lipinski definition) is 5. The van der Waals surface area contributed by atoms with Gasteiger partial charge in [0.1, 0.15) is 5.52 Å². The fourth-order valence-corrected chi connectivity index (χ4v) is 1.32. The monoisotopic (exact) mass is 219 g/mol. The topological polar surface area (TPSA) is 69.4 Å². The number of ether oxygens (including phenoxy) is 1. The number of ketones is 1. The third kappa shape index (κ3) is 1.67. The third-order valence-corrected chi connectivity index (χ3v) is 2.11. The molecule has 2 aromatic rings. The van der Waals surface area contributed by atoms with Crippen LogP contribution in [-0.2, 0) is 4.74 Å². The van der Waals surface area contributed by atoms with E-state index in [0.717, 1.165) is 0 Å². The number of methoxy groups -OCH3 is 1. The van der Waals surface area contributed by atoms with Gasteiger partial charge in [-0.1, -0.05) is 0 Å². The van der Waals surface area contributed by atoms with E-state index >= 15 is 0 Å². The second kappa shape index (κ2) is 3.77. The number of hydrogen-bond donors (Lipinski definition) is 0. The molecular formula is C11H9NO4. The zero-order valence-electron chi connectivity index (χ0n) is 8.81. The molecule has 0 saturated heterocycles. The summed E-state index contributed by atoms with van der Waals surface area (Å²) in [5, 5.41) is 0. The van der Waals surface area contributed by atoms with Gasteiger partial charge in [-0.2, -0.15) is 0 Å². The van der Waals surface area contributed by atoms with Gasteiger partial charge >= 0.3 is 5.97 Å². The summed E-state index contributed by atoms with van der Waals surface area (Å²) in [6.07, 6.45) is 0. The van der Waals surface area contributed by atoms with Gasteiger partial charge in [0.25, 0.3) is 5.89 Å². The van der Waals surface area contributed by atoms with Crippen molar-refractivity contribution in [2.45, 2.75) is 6.92 Å². The van der Waals surface area contributed by atoms with Crippen molar-refractivity contribution in [2.24, 2.45) is 0 Å². The molecule has 5 heteroatoms. The van der Waals surface area contributed by atoms with Crippen molar-refractivity contribution in [1.29, 1.82) is 0 Å². The average molecular weight is 219 g/mol. The molecule has 1 aromatic carbocycles. The van der Waals surface area contributed by atoms with E-state index in [1.807, 2.05) is 0 Å². The van der Waals surface area contributed by atoms with Crippen molar-refractivity contribution < 1.29 is 18.7 Å². The predicted octanol–water partition coefficient (Wildman–Crippen LogP) is 1.82. The van der Waals surface area contributed by atoms with E-state index in [4.69, 9.17) is 4.42 Å². The lowest BCUT2D eigenvalue weighted by Crippen LogP contribution is -2.00. The highest BCUT2D eigenvalue weighted by Crippen LogP contribution is 2.17. The van der Waals surface area contributed by atoms with Crippen LogP contribution in [0.25, 0.3) is 11.1 Å². The van der Waals surface area contributed by atoms with E-state index in [0.29, 0.717) is 16.7 Å². The van der Waals surface area contributed by atoms with Crippen LogP contribution in [0.4, 0.5) is 0 Å². The normalized spacial score (nSPS) is 10.4. The van der Waals surface area contributed by atoms with Gasteiger partial charge in [-0.3, -0.25) is 4.79 Å². The lowest BCUT2D eigenvalue weighted by Gasteiger charge is -1.96. The number of esters is 1. The summed E-state index contributed by atoms with van der Waals surface area (Å²) in [6.45, 7) is 1.37. The lowest BCUT2D eigenvalue weighted by molar-refractivity contribution is 0.0600. The van der Waals surface area contributed by atoms with Gasteiger partial charge in [0.2, 0.25) is 5.78 Å². The standard InChI is InChI=1S/C11H9NO4/c1-6(13)10-12-8-5-7(11(14)15-2)3-4-9(8)16-10/h3-5H,1-2H3. The number of rotatable bonds is 2. The Balaban J connectivity index is 2.53. The van der Waals surface area contributed by atoms with Crippen molar-refractivity contribution in [3.63, 3.8) is 0 Å². The first-order chi connectivity index (χ1) is 7.61. The molecular weight excluding hydrogens is 210 g/mol. The Morgan fingerprint density at radius 3 is 2.75 bits per heavy atom. The minimum absolute atomic E-state index is 0.0389. The van der Waals surface area contributed by atoms with Crippen molar-refractivity contribution in [2.75, 3.05) is 7.11 Å². The van der Waals surface area contributed by atoms with Gasteiger partial charge in [-0.15, -0.1) is 0 Å². The lowest BCUT2D eigenvalue weighted by atomic mass is 10.2. The van der Waals surface area contributed by atoms with Crippen LogP contribution in [0.2, 0.25) is 0 Å². The smallest absolute Gasteiger partial charge is 0.337 e. The number of nitrogens with zero attached hydrogens (tertiary/aromatic N) is 1. The van der Waals surface area contributed by atoms with Crippen LogP contribution in [0, 0.1) is 0 Å². The number of Topliss-reactive ketones (excluding diaryl/α,β-unsaturated/α-hetero) is 1. The molecule has 1 heterocycles. The molecule has 0 spiro atoms. The van der Waals surface area contributed by atoms with Crippen LogP contribution < -0.4 is 0 Å². The number of oxazole rings is 1. The van der Waals surface area contributed by atoms with Crippen LogP contribution in [0.5, 0.6) is 0 Å². The zero-order valence-corrected chi connectivity index (χ0v) is 8.81. The Hall–Kier alpha value is -2.17. The zero-order chi connectivity index (χ0) is 11.7. The van der Waals surface area contributed by atoms with E-state index < -0.39 is 5.97 Å². The molecule has 0 saturated carbocycles. The van der Waals surface area contributed by atoms with Crippen LogP contribution in [0.3, 0.4) is 0 Å². The molecule has 0 aliphatic carbocycles. The van der Waals surface area contributed by atoms with E-state index in [1.54, 1.807) is 12.1 Å². The van der Waals surface area contributed by atoms with Crippen LogP contribution >= 0.6 is 0 Å². The van der Waals surface area contributed by atoms with Gasteiger partial charge in [-0.25, -0.2) is 9.78 Å². The molecule has 1 aromatic heterocycles. The minimum Gasteiger partial charge on any atom is -0.465 e. The molecule has 0 aliphatic rings. The second-order valence-corrected chi connectivity index (χ2v) is 3.25. The summed E-state index contributed by atoms with van der Waals surface area (Å²) in [4.78, 5) is 26.3. The number of fused-ring (bicyclic) bond motifs is 1. The molecule has 0 atom stereocenters. The molecule has 2 rings (SSSR count). The summed E-state index contributed by atoms with van der Waals surface area (Å²) in [6, 6.07) is 4.67. The second-order valence-electron chi connectivity index (χ2n) is 3.25. The predicted molar refractivity (Wildman–Crippen MR) is 55.4 cm³/mol. The Labute approximate surface area is 91.0 Å². The molecule has 0 bridgehead atoms. The van der Waals surface area contributed by atoms with Gasteiger partial charge < -0.3 is 9.15 Å². The first-order valence-electron chi connectivity index (χ1n) is 4.61. The Morgan fingerprint density at radius 1 is 1.38 bits per heavy atom. The molecule has 16 heavy (non-hydrogen) atoms. The highest BCUT2D eigenvalue weighted by molar-refractivity contribution is 5.95. The summed E-state index contributed by atoms with van der Waals surface area (Å²) in [5.74, 6) is -0.665. The minimum atomic E-state index is -0.450. The van der Waals surface area contributed by atoms with E-state index in [-0.39, 0.29) is 11.7 Å². The molecule has 0 unspecified atom stereocenters. The van der Waals surface area contributed by atoms with Crippen LogP contribution in [0.15, 0.2) is 22.6 Å². The number of carbonyl (C=O) groups excluding carboxylic acids is 2. The summed E-state index contributed by atoms with van der Waals surface area (Å²) in [5.41, 5.74) is 1.31. The summed E-state index contributed by atoms with van der Waals surface area (Å²) >= 11 is 0. The fraction of sp³-hybridized carbons (Fsp3) is 0.182. The molecule has 0 N–H and O–H groups in total. The number of aromatic nitrogens is 1. The van der Waals surface area contributed by atoms with Gasteiger partial charge in [0.15, 0.2) is 5.58 Å². The highest BCUT2D eigenvalue weighted by Gasteiger charge is 2.12. The number of benzene rings is 1. The molecule has 0 radical (unpaired) electrons. The third-order valence-electron chi connectivity index (χ3n) is 2.11. The van der Waals surface area contributed by atoms with Gasteiger partial charge in [-0.05, 0) is 18.2 Å². The van der Waals surface area contributed by atoms with Crippen molar-refractivity contribution in [3.8, 4) is 0 Å². The van der Waals surface area contributed by atoms with Crippen LogP contribution in [-0.4, -0.2) is 23.8 Å². The van der Waals surface area contributed by atoms with Crippen LogP contribution in [0.1, 0.15) is 28.0 Å². The molecule has 0 fully saturated rings. The van der Waals surface area contributed by atoms with Crippen molar-refractivity contribution >= 4 is 22.9 Å². The van der Waals surface area contributed by atoms with Gasteiger partial charge in [0, 0.05) is 6.92 Å². The maximum Gasteiger partial charge on any atom is 0.337 e. The maximum atomic E-state index is 11.3. The van der Waals surface area contributed by atoms with E-state index in [9.17, 15) is 9.59 Å². The van der Waals surface area contributed by atoms with E-state index in [2.05, 4.69) is 9.72 Å². The first kappa shape index (κ1) is 10.4. The molecule has 82 valence electrons. The molecule has 5 nitrogen and oxygen atoms in total. The summed E-state index contributed by atoms with van der Waals surface area (Å²) in [7, 11) is 1.30. The Bertz CT molecular complexity index is 570. The Kier molecular flexibility index (Phi) is 2.44. The van der Waals surface area contributed by atoms with E-state index in [1.165, 1.54) is 20.1 Å². The first-order valence-corrected chi connectivity index (χ1v) is 4.61. The Morgan fingerprint density at radius 2 is 2.12 bits per heavy atom. The van der Waals surface area contributed by atoms with Crippen molar-refractivity contribution in [1.82, 2.24) is 4.98 Å². The largest absolute Gasteiger partial charge is 0.465 e. The van der Waals surface area contributed by atoms with Gasteiger partial charge in [0.05, 0.1) is 12.7 Å². The molecule has 0 aliphatic heterocycles. The fourth-order valence-electron chi connectivity index (χ4n) is 1.32. The molecule has 0 amide bonds. The SMILES string of the molecule is COC(=O)c1ccc2oc(C(C)=O)nc2c1. The highest BCUT2D eigenvalue weighted by atomic mass is 16.5. The number of carbonyl (C=O) groups is 2. The summed E-state index contributed by atoms with van der Waals surface area (Å²) < 4.78 is 9.76. The van der Waals surface area contributed by atoms with Crippen molar-refractivity contribution in [3.05, 3.63) is 29.7 Å². The maximum absolute atomic E-state index is 11.3. The quantitative estimate of drug-likeness (QED) is 0.569. The average Bonchev–Trinajstić information content (AvgIpc) is 2.70.